The highest BCUT2D eigenvalue weighted by atomic mass is 79.9. The van der Waals surface area contributed by atoms with Crippen molar-refractivity contribution in [2.24, 2.45) is 5.73 Å². The molecular weight excluding hydrogens is 362 g/mol. The fourth-order valence-corrected chi connectivity index (χ4v) is 6.23. The van der Waals surface area contributed by atoms with Gasteiger partial charge in [-0.15, -0.1) is 11.3 Å². The van der Waals surface area contributed by atoms with Crippen LogP contribution >= 0.6 is 27.3 Å². The Morgan fingerprint density at radius 3 is 2.95 bits per heavy atom. The molecule has 2 heterocycles. The van der Waals surface area contributed by atoms with Crippen molar-refractivity contribution in [1.29, 1.82) is 0 Å². The van der Waals surface area contributed by atoms with Crippen LogP contribution < -0.4 is 10.5 Å². The van der Waals surface area contributed by atoms with Crippen LogP contribution in [-0.2, 0) is 16.6 Å². The van der Waals surface area contributed by atoms with E-state index in [-0.39, 0.29) is 6.04 Å². The Hall–Kier alpha value is 0.01000. The van der Waals surface area contributed by atoms with Gasteiger partial charge in [0.05, 0.1) is 3.79 Å². The van der Waals surface area contributed by atoms with Gasteiger partial charge in [0, 0.05) is 24.0 Å². The first kappa shape index (κ1) is 16.4. The van der Waals surface area contributed by atoms with Crippen LogP contribution in [0.1, 0.15) is 24.6 Å². The van der Waals surface area contributed by atoms with Crippen molar-refractivity contribution in [3.05, 3.63) is 14.7 Å². The molecule has 3 N–H and O–H groups in total. The number of halogens is 1. The van der Waals surface area contributed by atoms with Crippen LogP contribution in [0.25, 0.3) is 0 Å². The zero-order chi connectivity index (χ0) is 14.8. The van der Waals surface area contributed by atoms with Gasteiger partial charge in [-0.2, -0.15) is 0 Å². The molecule has 8 heteroatoms. The Labute approximate surface area is 132 Å². The topological polar surface area (TPSA) is 75.4 Å². The molecule has 0 radical (unpaired) electrons. The summed E-state index contributed by atoms with van der Waals surface area (Å²) in [5, 5.41) is 0. The highest BCUT2D eigenvalue weighted by Crippen LogP contribution is 2.31. The molecule has 0 spiro atoms. The highest BCUT2D eigenvalue weighted by Gasteiger charge is 2.27. The van der Waals surface area contributed by atoms with Crippen molar-refractivity contribution in [1.82, 2.24) is 9.62 Å². The number of nitrogens with two attached hydrogens (primary N) is 1. The van der Waals surface area contributed by atoms with E-state index in [0.717, 1.165) is 37.4 Å². The molecule has 114 valence electrons. The molecule has 1 fully saturated rings. The maximum absolute atomic E-state index is 12.5. The zero-order valence-corrected chi connectivity index (χ0v) is 14.7. The van der Waals surface area contributed by atoms with E-state index in [1.807, 2.05) is 0 Å². The first-order valence-electron chi connectivity index (χ1n) is 6.69. The molecule has 0 saturated carbocycles. The van der Waals surface area contributed by atoms with Crippen LogP contribution in [0.2, 0.25) is 0 Å². The Balaban J connectivity index is 2.12. The number of hydrogen-bond donors (Lipinski definition) is 2. The minimum atomic E-state index is -3.48. The third kappa shape index (κ3) is 3.80. The second-order valence-electron chi connectivity index (χ2n) is 4.91. The van der Waals surface area contributed by atoms with Crippen LogP contribution in [-0.4, -0.2) is 39.0 Å². The summed E-state index contributed by atoms with van der Waals surface area (Å²) in [5.41, 5.74) is 5.56. The summed E-state index contributed by atoms with van der Waals surface area (Å²) < 4.78 is 28.3. The van der Waals surface area contributed by atoms with Crippen LogP contribution in [0.4, 0.5) is 0 Å². The van der Waals surface area contributed by atoms with Gasteiger partial charge in [-0.05, 0) is 47.9 Å². The van der Waals surface area contributed by atoms with Gasteiger partial charge in [0.15, 0.2) is 0 Å². The number of piperidine rings is 1. The van der Waals surface area contributed by atoms with E-state index in [9.17, 15) is 8.42 Å². The van der Waals surface area contributed by atoms with Crippen molar-refractivity contribution in [2.45, 2.75) is 37.2 Å². The van der Waals surface area contributed by atoms with Crippen LogP contribution in [0.15, 0.2) is 14.7 Å². The molecular formula is C12H20BrN3O2S2. The summed E-state index contributed by atoms with van der Waals surface area (Å²) in [5.74, 6) is 0. The molecule has 1 unspecified atom stereocenters. The fourth-order valence-electron chi connectivity index (χ4n) is 2.40. The second-order valence-corrected chi connectivity index (χ2v) is 9.05. The number of nitrogens with zero attached hydrogens (tertiary/aromatic N) is 1. The summed E-state index contributed by atoms with van der Waals surface area (Å²) in [6.45, 7) is 5.23. The van der Waals surface area contributed by atoms with E-state index < -0.39 is 10.0 Å². The van der Waals surface area contributed by atoms with E-state index in [4.69, 9.17) is 5.73 Å². The molecule has 1 aliphatic heterocycles. The molecule has 20 heavy (non-hydrogen) atoms. The SMILES string of the molecule is CCN1CCCC(NS(=O)(=O)c2cc(CN)sc2Br)C1. The molecule has 0 aromatic carbocycles. The number of likely N-dealkylation sites (tertiary alicyclic amines) is 1. The lowest BCUT2D eigenvalue weighted by Crippen LogP contribution is -2.47. The Morgan fingerprint density at radius 1 is 1.60 bits per heavy atom. The average Bonchev–Trinajstić information content (AvgIpc) is 2.80. The summed E-state index contributed by atoms with van der Waals surface area (Å²) in [7, 11) is -3.48. The monoisotopic (exact) mass is 381 g/mol. The molecule has 1 aromatic heterocycles. The normalized spacial score (nSPS) is 21.2. The second kappa shape index (κ2) is 6.85. The summed E-state index contributed by atoms with van der Waals surface area (Å²) in [4.78, 5) is 3.43. The van der Waals surface area contributed by atoms with Gasteiger partial charge in [-0.25, -0.2) is 13.1 Å². The number of thiophene rings is 1. The predicted molar refractivity (Wildman–Crippen MR) is 85.4 cm³/mol. The summed E-state index contributed by atoms with van der Waals surface area (Å²) in [6, 6.07) is 1.64. The highest BCUT2D eigenvalue weighted by molar-refractivity contribution is 9.11. The Morgan fingerprint density at radius 2 is 2.35 bits per heavy atom. The number of hydrogen-bond acceptors (Lipinski definition) is 5. The molecule has 0 bridgehead atoms. The lowest BCUT2D eigenvalue weighted by Gasteiger charge is -2.31. The van der Waals surface area contributed by atoms with E-state index >= 15 is 0 Å². The lowest BCUT2D eigenvalue weighted by atomic mass is 10.1. The van der Waals surface area contributed by atoms with Gasteiger partial charge in [-0.3, -0.25) is 0 Å². The van der Waals surface area contributed by atoms with Crippen molar-refractivity contribution in [3.63, 3.8) is 0 Å². The van der Waals surface area contributed by atoms with E-state index in [0.29, 0.717) is 15.2 Å². The van der Waals surface area contributed by atoms with Crippen LogP contribution in [0, 0.1) is 0 Å². The van der Waals surface area contributed by atoms with Gasteiger partial charge in [0.25, 0.3) is 0 Å². The molecule has 1 saturated heterocycles. The third-order valence-electron chi connectivity index (χ3n) is 3.47. The zero-order valence-electron chi connectivity index (χ0n) is 11.4. The van der Waals surface area contributed by atoms with E-state index in [1.54, 1.807) is 6.07 Å². The number of nitrogens with one attached hydrogen (secondary N) is 1. The van der Waals surface area contributed by atoms with Crippen molar-refractivity contribution in [3.8, 4) is 0 Å². The Bertz CT molecular complexity index is 559. The summed E-state index contributed by atoms with van der Waals surface area (Å²) in [6.07, 6.45) is 1.92. The minimum absolute atomic E-state index is 0.0122. The smallest absolute Gasteiger partial charge is 0.242 e. The first-order chi connectivity index (χ1) is 9.46. The van der Waals surface area contributed by atoms with Crippen molar-refractivity contribution in [2.75, 3.05) is 19.6 Å². The maximum atomic E-state index is 12.5. The van der Waals surface area contributed by atoms with Gasteiger partial charge >= 0.3 is 0 Å². The molecule has 0 aliphatic carbocycles. The lowest BCUT2D eigenvalue weighted by molar-refractivity contribution is 0.211. The molecule has 1 aromatic rings. The number of sulfonamides is 1. The van der Waals surface area contributed by atoms with Gasteiger partial charge in [-0.1, -0.05) is 6.92 Å². The standard InChI is InChI=1S/C12H20BrN3O2S2/c1-2-16-5-3-4-9(8-16)15-20(17,18)11-6-10(7-14)19-12(11)13/h6,9,15H,2-5,7-8,14H2,1H3. The van der Waals surface area contributed by atoms with E-state index in [2.05, 4.69) is 32.5 Å². The third-order valence-corrected chi connectivity index (χ3v) is 7.27. The predicted octanol–water partition coefficient (Wildman–Crippen LogP) is 1.73. The summed E-state index contributed by atoms with van der Waals surface area (Å²) >= 11 is 4.69. The van der Waals surface area contributed by atoms with Crippen LogP contribution in [0.3, 0.4) is 0 Å². The van der Waals surface area contributed by atoms with Gasteiger partial charge < -0.3 is 10.6 Å². The van der Waals surface area contributed by atoms with Crippen LogP contribution in [0.5, 0.6) is 0 Å². The van der Waals surface area contributed by atoms with Gasteiger partial charge in [0.1, 0.15) is 4.90 Å². The van der Waals surface area contributed by atoms with Crippen molar-refractivity contribution < 1.29 is 8.42 Å². The quantitative estimate of drug-likeness (QED) is 0.814. The fraction of sp³-hybridized carbons (Fsp3) is 0.667. The molecule has 1 atom stereocenters. The maximum Gasteiger partial charge on any atom is 0.242 e. The molecule has 0 amide bonds. The Kier molecular flexibility index (Phi) is 5.61. The molecule has 5 nitrogen and oxygen atoms in total. The van der Waals surface area contributed by atoms with Gasteiger partial charge in [0.2, 0.25) is 10.0 Å². The first-order valence-corrected chi connectivity index (χ1v) is 9.78. The average molecular weight is 382 g/mol. The van der Waals surface area contributed by atoms with Crippen molar-refractivity contribution >= 4 is 37.3 Å². The molecule has 2 rings (SSSR count). The number of likely N-dealkylation sites (N-methyl/N-ethyl adjacent to an activating group) is 1. The molecule has 1 aliphatic rings. The largest absolute Gasteiger partial charge is 0.326 e. The van der Waals surface area contributed by atoms with E-state index in [1.165, 1.54) is 11.3 Å². The minimum Gasteiger partial charge on any atom is -0.326 e. The number of rotatable bonds is 5.